The van der Waals surface area contributed by atoms with Gasteiger partial charge in [0.2, 0.25) is 17.7 Å². The lowest BCUT2D eigenvalue weighted by Gasteiger charge is -2.25. The Morgan fingerprint density at radius 3 is 2.18 bits per heavy atom. The van der Waals surface area contributed by atoms with Crippen LogP contribution in [-0.4, -0.2) is 83.4 Å². The highest BCUT2D eigenvalue weighted by molar-refractivity contribution is 6.12. The number of benzene rings is 2. The van der Waals surface area contributed by atoms with E-state index in [9.17, 15) is 43.7 Å². The van der Waals surface area contributed by atoms with Crippen LogP contribution >= 0.6 is 0 Å². The molecule has 0 radical (unpaired) electrons. The highest BCUT2D eigenvalue weighted by Gasteiger charge is 2.29. The van der Waals surface area contributed by atoms with Gasteiger partial charge in [-0.3, -0.25) is 39.0 Å². The van der Waals surface area contributed by atoms with Gasteiger partial charge in [-0.25, -0.2) is 9.59 Å². The average molecular weight is 793 g/mol. The number of hydrogen-bond acceptors (Lipinski definition) is 12. The van der Waals surface area contributed by atoms with E-state index >= 15 is 0 Å². The van der Waals surface area contributed by atoms with Crippen LogP contribution in [0.5, 0.6) is 5.75 Å². The van der Waals surface area contributed by atoms with Crippen LogP contribution < -0.4 is 26.0 Å². The first kappa shape index (κ1) is 44.8. The third kappa shape index (κ3) is 16.0. The number of nitro benzene ring substituents is 1. The van der Waals surface area contributed by atoms with Gasteiger partial charge in [-0.05, 0) is 67.9 Å². The number of rotatable bonds is 23. The van der Waals surface area contributed by atoms with Crippen molar-refractivity contribution in [2.75, 3.05) is 25.0 Å². The Bertz CT molecular complexity index is 1760. The van der Waals surface area contributed by atoms with E-state index in [2.05, 4.69) is 27.8 Å². The summed E-state index contributed by atoms with van der Waals surface area (Å²) in [6.07, 6.45) is 5.01. The Kier molecular flexibility index (Phi) is 18.4. The number of carbonyl (C=O) groups is 7. The summed E-state index contributed by atoms with van der Waals surface area (Å²) in [6, 6.07) is 9.28. The fourth-order valence-corrected chi connectivity index (χ4v) is 5.36. The van der Waals surface area contributed by atoms with Gasteiger partial charge in [-0.1, -0.05) is 45.1 Å². The molecule has 0 aromatic heterocycles. The van der Waals surface area contributed by atoms with E-state index in [1.165, 1.54) is 42.5 Å². The maximum Gasteiger partial charge on any atom is 0.514 e. The third-order valence-corrected chi connectivity index (χ3v) is 8.43. The SMILES string of the molecule is C=CCOC(=O)NCCCC[C@H](NC(=O)[C@@H](NC(=O)CCCCCN1C(=O)C=CC1=O)C(C)C)C(=O)Nc1ccc(COC(=O)Oc2ccc([N+](=O)[O-])cc2)cc1. The summed E-state index contributed by atoms with van der Waals surface area (Å²) in [5, 5.41) is 21.7. The molecule has 57 heavy (non-hydrogen) atoms. The van der Waals surface area contributed by atoms with Crippen molar-refractivity contribution in [1.82, 2.24) is 20.9 Å². The van der Waals surface area contributed by atoms with Gasteiger partial charge in [-0.2, -0.15) is 0 Å². The molecule has 0 aliphatic carbocycles. The normalized spacial score (nSPS) is 13.0. The van der Waals surface area contributed by atoms with Crippen LogP contribution in [0, 0.1) is 16.0 Å². The second kappa shape index (κ2) is 23.4. The van der Waals surface area contributed by atoms with E-state index in [0.717, 1.165) is 4.90 Å². The van der Waals surface area contributed by atoms with E-state index in [4.69, 9.17) is 14.2 Å². The molecule has 0 bridgehead atoms. The number of non-ortho nitro benzene ring substituents is 1. The number of nitrogens with one attached hydrogen (secondary N) is 4. The quantitative estimate of drug-likeness (QED) is 0.0232. The molecule has 1 aliphatic heterocycles. The number of unbranched alkanes of at least 4 members (excludes halogenated alkanes) is 3. The molecule has 3 rings (SSSR count). The zero-order valence-electron chi connectivity index (χ0n) is 31.9. The number of anilines is 1. The molecule has 1 aliphatic rings. The van der Waals surface area contributed by atoms with Gasteiger partial charge in [0.25, 0.3) is 17.5 Å². The minimum atomic E-state index is -1.03. The van der Waals surface area contributed by atoms with Gasteiger partial charge >= 0.3 is 12.2 Å². The van der Waals surface area contributed by atoms with Crippen molar-refractivity contribution in [3.8, 4) is 5.75 Å². The number of carbonyl (C=O) groups excluding carboxylic acids is 7. The molecule has 0 saturated heterocycles. The summed E-state index contributed by atoms with van der Waals surface area (Å²) < 4.78 is 15.0. The van der Waals surface area contributed by atoms with Gasteiger partial charge in [-0.15, -0.1) is 0 Å². The molecule has 2 aromatic carbocycles. The molecule has 6 amide bonds. The summed E-state index contributed by atoms with van der Waals surface area (Å²) in [5.74, 6) is -2.44. The summed E-state index contributed by atoms with van der Waals surface area (Å²) in [4.78, 5) is 98.6. The van der Waals surface area contributed by atoms with E-state index in [1.807, 2.05) is 0 Å². The molecule has 0 saturated carbocycles. The van der Waals surface area contributed by atoms with E-state index in [0.29, 0.717) is 43.4 Å². The van der Waals surface area contributed by atoms with Gasteiger partial charge in [0.15, 0.2) is 0 Å². The molecule has 2 atom stereocenters. The molecule has 1 heterocycles. The van der Waals surface area contributed by atoms with Crippen LogP contribution in [0.15, 0.2) is 73.3 Å². The molecule has 18 nitrogen and oxygen atoms in total. The molecule has 0 unspecified atom stereocenters. The number of nitrogens with zero attached hydrogens (tertiary/aromatic N) is 2. The van der Waals surface area contributed by atoms with Crippen LogP contribution in [0.2, 0.25) is 0 Å². The monoisotopic (exact) mass is 792 g/mol. The Labute approximate surface area is 329 Å². The maximum atomic E-state index is 13.5. The highest BCUT2D eigenvalue weighted by atomic mass is 16.7. The summed E-state index contributed by atoms with van der Waals surface area (Å²) in [5.41, 5.74) is 0.775. The second-order valence-corrected chi connectivity index (χ2v) is 13.2. The van der Waals surface area contributed by atoms with Crippen LogP contribution in [0.4, 0.5) is 21.0 Å². The number of nitro groups is 1. The second-order valence-electron chi connectivity index (χ2n) is 13.2. The van der Waals surface area contributed by atoms with Crippen molar-refractivity contribution < 1.29 is 52.7 Å². The maximum absolute atomic E-state index is 13.5. The Hall–Kier alpha value is -6.59. The van der Waals surface area contributed by atoms with Gasteiger partial charge in [0, 0.05) is 49.5 Å². The average Bonchev–Trinajstić information content (AvgIpc) is 3.50. The van der Waals surface area contributed by atoms with Crippen molar-refractivity contribution in [3.63, 3.8) is 0 Å². The largest absolute Gasteiger partial charge is 0.514 e. The number of alkyl carbamates (subject to hydrolysis) is 1. The number of ether oxygens (including phenoxy) is 3. The smallest absolute Gasteiger partial charge is 0.445 e. The van der Waals surface area contributed by atoms with E-state index in [1.54, 1.807) is 38.1 Å². The fraction of sp³-hybridized carbons (Fsp3) is 0.410. The fourth-order valence-electron chi connectivity index (χ4n) is 5.36. The predicted molar refractivity (Wildman–Crippen MR) is 205 cm³/mol. The van der Waals surface area contributed by atoms with Crippen LogP contribution in [0.3, 0.4) is 0 Å². The predicted octanol–water partition coefficient (Wildman–Crippen LogP) is 4.44. The van der Waals surface area contributed by atoms with Crippen molar-refractivity contribution in [2.45, 2.75) is 77.5 Å². The summed E-state index contributed by atoms with van der Waals surface area (Å²) in [7, 11) is 0. The molecule has 306 valence electrons. The number of hydrogen-bond donors (Lipinski definition) is 4. The minimum absolute atomic E-state index is 0.0550. The van der Waals surface area contributed by atoms with Gasteiger partial charge in [0.1, 0.15) is 31.0 Å². The topological polar surface area (TPSA) is 242 Å². The molecule has 0 fully saturated rings. The number of amides is 6. The first-order valence-electron chi connectivity index (χ1n) is 18.4. The number of imide groups is 1. The van der Waals surface area contributed by atoms with E-state index in [-0.39, 0.29) is 74.2 Å². The van der Waals surface area contributed by atoms with Crippen LogP contribution in [0.1, 0.15) is 64.4 Å². The van der Waals surface area contributed by atoms with Crippen molar-refractivity contribution in [2.24, 2.45) is 5.92 Å². The minimum Gasteiger partial charge on any atom is -0.445 e. The molecule has 18 heteroatoms. The Balaban J connectivity index is 1.55. The van der Waals surface area contributed by atoms with Gasteiger partial charge in [0.05, 0.1) is 4.92 Å². The third-order valence-electron chi connectivity index (χ3n) is 8.43. The lowest BCUT2D eigenvalue weighted by molar-refractivity contribution is -0.384. The molecule has 0 spiro atoms. The molecule has 2 aromatic rings. The lowest BCUT2D eigenvalue weighted by Crippen LogP contribution is -2.54. The standard InChI is InChI=1S/C39H48N6O12/c1-4-24-55-38(51)40-22-8-7-10-31(42-37(50)35(26(2)3)43-32(46)11-6-5-9-23-44-33(47)20-21-34(44)48)36(49)41-28-14-12-27(13-15-28)25-56-39(52)57-30-18-16-29(17-19-30)45(53)54/h4,12-21,26,31,35H,1,5-11,22-25H2,2-3H3,(H,40,51)(H,41,49)(H,42,50)(H,43,46)/t31-,35-/m0/s1. The zero-order chi connectivity index (χ0) is 41.7. The van der Waals surface area contributed by atoms with Crippen molar-refractivity contribution in [1.29, 1.82) is 0 Å². The first-order valence-corrected chi connectivity index (χ1v) is 18.4. The first-order chi connectivity index (χ1) is 27.3. The highest BCUT2D eigenvalue weighted by Crippen LogP contribution is 2.19. The summed E-state index contributed by atoms with van der Waals surface area (Å²) in [6.45, 7) is 7.40. The lowest BCUT2D eigenvalue weighted by atomic mass is 10.0. The molecular weight excluding hydrogens is 744 g/mol. The van der Waals surface area contributed by atoms with Crippen LogP contribution in [0.25, 0.3) is 0 Å². The Morgan fingerprint density at radius 1 is 0.860 bits per heavy atom. The zero-order valence-corrected chi connectivity index (χ0v) is 31.9. The van der Waals surface area contributed by atoms with Crippen molar-refractivity contribution in [3.05, 3.63) is 89.0 Å². The van der Waals surface area contributed by atoms with Crippen molar-refractivity contribution >= 4 is 53.2 Å². The Morgan fingerprint density at radius 2 is 1.54 bits per heavy atom. The summed E-state index contributed by atoms with van der Waals surface area (Å²) >= 11 is 0. The molecule has 4 N–H and O–H groups in total. The molecular formula is C39H48N6O12. The van der Waals surface area contributed by atoms with E-state index < -0.39 is 41.1 Å². The van der Waals surface area contributed by atoms with Crippen LogP contribution in [-0.2, 0) is 40.1 Å². The van der Waals surface area contributed by atoms with Gasteiger partial charge < -0.3 is 35.5 Å².